The summed E-state index contributed by atoms with van der Waals surface area (Å²) in [5, 5.41) is 1.66. The predicted molar refractivity (Wildman–Crippen MR) is 125 cm³/mol. The van der Waals surface area contributed by atoms with E-state index in [0.29, 0.717) is 5.92 Å². The third-order valence-electron chi connectivity index (χ3n) is 8.12. The van der Waals surface area contributed by atoms with E-state index in [9.17, 15) is 0 Å². The van der Waals surface area contributed by atoms with Gasteiger partial charge in [-0.25, -0.2) is 4.39 Å². The second-order valence-electron chi connectivity index (χ2n) is 10.0. The normalized spacial score (nSPS) is 27.3. The molecule has 1 nitrogen and oxygen atoms in total. The van der Waals surface area contributed by atoms with Crippen LogP contribution in [0.4, 0.5) is 4.39 Å². The van der Waals surface area contributed by atoms with E-state index >= 15 is 4.39 Å². The maximum absolute atomic E-state index is 15.2. The Morgan fingerprint density at radius 2 is 1.40 bits per heavy atom. The molecular formula is C28H39FO. The molecule has 0 unspecified atom stereocenters. The molecule has 0 amide bonds. The fraction of sp³-hybridized carbons (Fsp3) is 0.643. The van der Waals surface area contributed by atoms with Gasteiger partial charge in [-0.3, -0.25) is 0 Å². The fourth-order valence-corrected chi connectivity index (χ4v) is 6.18. The molecule has 0 spiro atoms. The maximum Gasteiger partial charge on any atom is 0.134 e. The van der Waals surface area contributed by atoms with Crippen LogP contribution in [-0.2, 0) is 0 Å². The van der Waals surface area contributed by atoms with E-state index in [-0.39, 0.29) is 5.82 Å². The highest BCUT2D eigenvalue weighted by molar-refractivity contribution is 5.85. The van der Waals surface area contributed by atoms with Gasteiger partial charge in [-0.2, -0.15) is 0 Å². The van der Waals surface area contributed by atoms with Gasteiger partial charge in [0.1, 0.15) is 11.6 Å². The van der Waals surface area contributed by atoms with Gasteiger partial charge in [-0.15, -0.1) is 0 Å². The van der Waals surface area contributed by atoms with Crippen molar-refractivity contribution in [2.75, 3.05) is 7.11 Å². The third kappa shape index (κ3) is 5.01. The minimum atomic E-state index is -0.0116. The second-order valence-corrected chi connectivity index (χ2v) is 10.0. The minimum absolute atomic E-state index is 0.0116. The maximum atomic E-state index is 15.2. The summed E-state index contributed by atoms with van der Waals surface area (Å²) < 4.78 is 20.5. The van der Waals surface area contributed by atoms with E-state index in [2.05, 4.69) is 13.0 Å². The standard InChI is InChI=1S/C28H39FO/c1-3-4-20-5-7-21(8-6-20)9-10-22-11-13-23(14-12-22)26-17-15-24-19-25(30-2)16-18-27(24)28(26)29/h15-23H,3-14H2,1-2H3. The number of halogens is 1. The first-order valence-corrected chi connectivity index (χ1v) is 12.4. The largest absolute Gasteiger partial charge is 0.497 e. The van der Waals surface area contributed by atoms with Crippen molar-refractivity contribution in [2.45, 2.75) is 89.9 Å². The number of benzene rings is 2. The van der Waals surface area contributed by atoms with Gasteiger partial charge < -0.3 is 4.74 Å². The minimum Gasteiger partial charge on any atom is -0.497 e. The van der Waals surface area contributed by atoms with Crippen molar-refractivity contribution in [3.63, 3.8) is 0 Å². The molecule has 30 heavy (non-hydrogen) atoms. The third-order valence-corrected chi connectivity index (χ3v) is 8.12. The zero-order valence-electron chi connectivity index (χ0n) is 19.0. The summed E-state index contributed by atoms with van der Waals surface area (Å²) in [5.41, 5.74) is 0.931. The predicted octanol–water partition coefficient (Wildman–Crippen LogP) is 8.65. The van der Waals surface area contributed by atoms with Crippen molar-refractivity contribution in [3.05, 3.63) is 41.7 Å². The Balaban J connectivity index is 1.28. The molecule has 0 heterocycles. The summed E-state index contributed by atoms with van der Waals surface area (Å²) in [6.45, 7) is 2.32. The molecule has 2 fully saturated rings. The Kier molecular flexibility index (Phi) is 7.33. The van der Waals surface area contributed by atoms with E-state index in [1.165, 1.54) is 64.2 Å². The molecule has 164 valence electrons. The van der Waals surface area contributed by atoms with E-state index in [1.807, 2.05) is 24.3 Å². The van der Waals surface area contributed by atoms with Crippen molar-refractivity contribution in [1.82, 2.24) is 0 Å². The lowest BCUT2D eigenvalue weighted by Gasteiger charge is -2.32. The van der Waals surface area contributed by atoms with Crippen LogP contribution in [-0.4, -0.2) is 7.11 Å². The Hall–Kier alpha value is -1.57. The molecule has 2 aliphatic carbocycles. The zero-order valence-corrected chi connectivity index (χ0v) is 19.0. The first kappa shape index (κ1) is 21.7. The van der Waals surface area contributed by atoms with Crippen molar-refractivity contribution >= 4 is 10.8 Å². The van der Waals surface area contributed by atoms with Gasteiger partial charge in [0.15, 0.2) is 0 Å². The topological polar surface area (TPSA) is 9.23 Å². The molecule has 2 aromatic carbocycles. The monoisotopic (exact) mass is 410 g/mol. The molecule has 2 saturated carbocycles. The summed E-state index contributed by atoms with van der Waals surface area (Å²) in [5.74, 6) is 4.02. The number of ether oxygens (including phenoxy) is 1. The van der Waals surface area contributed by atoms with Gasteiger partial charge in [0.25, 0.3) is 0 Å². The molecule has 2 aromatic rings. The molecule has 0 aromatic heterocycles. The zero-order chi connectivity index (χ0) is 20.9. The lowest BCUT2D eigenvalue weighted by Crippen LogP contribution is -2.18. The first-order valence-electron chi connectivity index (χ1n) is 12.4. The average molecular weight is 411 g/mol. The number of hydrogen-bond acceptors (Lipinski definition) is 1. The molecule has 0 saturated heterocycles. The molecule has 0 N–H and O–H groups in total. The van der Waals surface area contributed by atoms with E-state index in [4.69, 9.17) is 4.74 Å². The first-order chi connectivity index (χ1) is 14.7. The Morgan fingerprint density at radius 1 is 0.800 bits per heavy atom. The van der Waals surface area contributed by atoms with E-state index in [0.717, 1.165) is 52.7 Å². The lowest BCUT2D eigenvalue weighted by atomic mass is 9.74. The van der Waals surface area contributed by atoms with Crippen LogP contribution < -0.4 is 4.74 Å². The highest BCUT2D eigenvalue weighted by atomic mass is 19.1. The molecule has 2 heteroatoms. The van der Waals surface area contributed by atoms with Crippen LogP contribution in [0.1, 0.15) is 95.5 Å². The number of hydrogen-bond donors (Lipinski definition) is 0. The second kappa shape index (κ2) is 10.2. The fourth-order valence-electron chi connectivity index (χ4n) is 6.18. The van der Waals surface area contributed by atoms with Crippen LogP contribution in [0.3, 0.4) is 0 Å². The molecule has 0 bridgehead atoms. The average Bonchev–Trinajstić information content (AvgIpc) is 2.79. The van der Waals surface area contributed by atoms with Crippen LogP contribution in [0.5, 0.6) is 5.75 Å². The van der Waals surface area contributed by atoms with Crippen LogP contribution in [0, 0.1) is 23.6 Å². The number of rotatable bonds is 7. The summed E-state index contributed by atoms with van der Waals surface area (Å²) in [4.78, 5) is 0. The molecule has 0 aliphatic heterocycles. The van der Waals surface area contributed by atoms with Crippen LogP contribution in [0.25, 0.3) is 10.8 Å². The molecule has 4 rings (SSSR count). The summed E-state index contributed by atoms with van der Waals surface area (Å²) in [7, 11) is 1.65. The molecule has 0 atom stereocenters. The van der Waals surface area contributed by atoms with E-state index in [1.54, 1.807) is 7.11 Å². The van der Waals surface area contributed by atoms with Crippen molar-refractivity contribution < 1.29 is 9.13 Å². The number of methoxy groups -OCH3 is 1. The SMILES string of the molecule is CCCC1CCC(CCC2CCC(c3ccc4cc(OC)ccc4c3F)CC2)CC1. The van der Waals surface area contributed by atoms with Crippen LogP contribution in [0.2, 0.25) is 0 Å². The summed E-state index contributed by atoms with van der Waals surface area (Å²) in [6, 6.07) is 9.75. The van der Waals surface area contributed by atoms with Crippen LogP contribution in [0.15, 0.2) is 30.3 Å². The molecule has 0 radical (unpaired) electrons. The van der Waals surface area contributed by atoms with Gasteiger partial charge in [-0.05, 0) is 78.5 Å². The lowest BCUT2D eigenvalue weighted by molar-refractivity contribution is 0.223. The van der Waals surface area contributed by atoms with Gasteiger partial charge in [0, 0.05) is 5.39 Å². The van der Waals surface area contributed by atoms with Crippen molar-refractivity contribution in [1.29, 1.82) is 0 Å². The summed E-state index contributed by atoms with van der Waals surface area (Å²) in [6.07, 6.45) is 16.3. The van der Waals surface area contributed by atoms with Gasteiger partial charge >= 0.3 is 0 Å². The van der Waals surface area contributed by atoms with E-state index < -0.39 is 0 Å². The molecular weight excluding hydrogens is 371 g/mol. The number of fused-ring (bicyclic) bond motifs is 1. The Labute approximate surface area is 182 Å². The Morgan fingerprint density at radius 3 is 2.00 bits per heavy atom. The van der Waals surface area contributed by atoms with Crippen LogP contribution >= 0.6 is 0 Å². The highest BCUT2D eigenvalue weighted by Gasteiger charge is 2.26. The van der Waals surface area contributed by atoms with Crippen molar-refractivity contribution in [3.8, 4) is 5.75 Å². The Bertz CT molecular complexity index is 813. The quantitative estimate of drug-likeness (QED) is 0.444. The van der Waals surface area contributed by atoms with Gasteiger partial charge in [-0.1, -0.05) is 70.4 Å². The van der Waals surface area contributed by atoms with Gasteiger partial charge in [0.05, 0.1) is 7.11 Å². The molecule has 2 aliphatic rings. The van der Waals surface area contributed by atoms with Gasteiger partial charge in [0.2, 0.25) is 0 Å². The van der Waals surface area contributed by atoms with Crippen molar-refractivity contribution in [2.24, 2.45) is 17.8 Å². The summed E-state index contributed by atoms with van der Waals surface area (Å²) >= 11 is 0. The smallest absolute Gasteiger partial charge is 0.134 e. The highest BCUT2D eigenvalue weighted by Crippen LogP contribution is 2.41.